The van der Waals surface area contributed by atoms with Crippen LogP contribution < -0.4 is 0 Å². The summed E-state index contributed by atoms with van der Waals surface area (Å²) in [7, 11) is 0. The largest absolute Gasteiger partial charge is 0.476 e. The molecule has 0 aliphatic carbocycles. The number of nitrogens with zero attached hydrogens (tertiary/aromatic N) is 2. The van der Waals surface area contributed by atoms with Crippen LogP contribution in [0.4, 0.5) is 0 Å². The summed E-state index contributed by atoms with van der Waals surface area (Å²) >= 11 is 1.10. The fourth-order valence-electron chi connectivity index (χ4n) is 2.18. The van der Waals surface area contributed by atoms with Crippen molar-refractivity contribution in [3.63, 3.8) is 0 Å². The number of carboxylic acids is 1. The van der Waals surface area contributed by atoms with Crippen molar-refractivity contribution >= 4 is 23.2 Å². The van der Waals surface area contributed by atoms with Gasteiger partial charge in [-0.2, -0.15) is 0 Å². The maximum Gasteiger partial charge on any atom is 0.365 e. The average Bonchev–Trinajstić information content (AvgIpc) is 2.86. The van der Waals surface area contributed by atoms with Crippen LogP contribution in [0.1, 0.15) is 42.7 Å². The first-order valence-corrected chi connectivity index (χ1v) is 7.11. The van der Waals surface area contributed by atoms with Gasteiger partial charge in [0, 0.05) is 18.3 Å². The van der Waals surface area contributed by atoms with Crippen LogP contribution in [0, 0.1) is 11.3 Å². The number of rotatable bonds is 3. The Kier molecular flexibility index (Phi) is 3.62. The third kappa shape index (κ3) is 3.12. The molecule has 1 aromatic rings. The van der Waals surface area contributed by atoms with E-state index in [1.54, 1.807) is 10.3 Å². The molecule has 0 radical (unpaired) electrons. The summed E-state index contributed by atoms with van der Waals surface area (Å²) in [4.78, 5) is 28.5. The first kappa shape index (κ1) is 14.0. The lowest BCUT2D eigenvalue weighted by Gasteiger charge is -2.26. The highest BCUT2D eigenvalue weighted by atomic mass is 32.1. The highest BCUT2D eigenvalue weighted by Gasteiger charge is 2.36. The molecular formula is C13H18N2O3S. The average molecular weight is 282 g/mol. The van der Waals surface area contributed by atoms with Crippen LogP contribution in [0.3, 0.4) is 0 Å². The number of carboxylic acid groups (broad SMARTS) is 1. The molecule has 1 unspecified atom stereocenters. The monoisotopic (exact) mass is 282 g/mol. The molecule has 19 heavy (non-hydrogen) atoms. The van der Waals surface area contributed by atoms with Gasteiger partial charge >= 0.3 is 5.97 Å². The molecule has 5 nitrogen and oxygen atoms in total. The second-order valence-corrected chi connectivity index (χ2v) is 6.85. The summed E-state index contributed by atoms with van der Waals surface area (Å²) in [5.41, 5.74) is 0.768. The Balaban J connectivity index is 2.03. The van der Waals surface area contributed by atoms with E-state index in [4.69, 9.17) is 5.11 Å². The number of hydrogen-bond donors (Lipinski definition) is 1. The second-order valence-electron chi connectivity index (χ2n) is 5.99. The number of amides is 1. The zero-order chi connectivity index (χ0) is 14.2. The standard InChI is InChI=1S/C13H18N2O3S/c1-13(2,3)8-4-10(16)15(5-8)6-9-7-19-11(14-9)12(17)18/h7-8H,4-6H2,1-3H3,(H,17,18). The quantitative estimate of drug-likeness (QED) is 0.923. The Morgan fingerprint density at radius 1 is 1.58 bits per heavy atom. The van der Waals surface area contributed by atoms with Crippen molar-refractivity contribution < 1.29 is 14.7 Å². The lowest BCUT2D eigenvalue weighted by Crippen LogP contribution is -2.27. The van der Waals surface area contributed by atoms with Crippen molar-refractivity contribution in [1.82, 2.24) is 9.88 Å². The van der Waals surface area contributed by atoms with Gasteiger partial charge in [-0.3, -0.25) is 4.79 Å². The van der Waals surface area contributed by atoms with Crippen LogP contribution in [0.5, 0.6) is 0 Å². The number of carbonyl (C=O) groups is 2. The van der Waals surface area contributed by atoms with Gasteiger partial charge in [0.2, 0.25) is 10.9 Å². The van der Waals surface area contributed by atoms with Crippen LogP contribution in [-0.4, -0.2) is 33.4 Å². The summed E-state index contributed by atoms with van der Waals surface area (Å²) < 4.78 is 0. The van der Waals surface area contributed by atoms with Crippen LogP contribution >= 0.6 is 11.3 Å². The van der Waals surface area contributed by atoms with E-state index in [-0.39, 0.29) is 16.3 Å². The van der Waals surface area contributed by atoms with Gasteiger partial charge in [0.15, 0.2) is 0 Å². The van der Waals surface area contributed by atoms with Crippen molar-refractivity contribution in [2.75, 3.05) is 6.54 Å². The number of carbonyl (C=O) groups excluding carboxylic acids is 1. The van der Waals surface area contributed by atoms with Gasteiger partial charge in [-0.25, -0.2) is 9.78 Å². The Hall–Kier alpha value is -1.43. The van der Waals surface area contributed by atoms with Crippen molar-refractivity contribution in [2.45, 2.75) is 33.7 Å². The van der Waals surface area contributed by atoms with Crippen LogP contribution in [0.25, 0.3) is 0 Å². The molecule has 2 rings (SSSR count). The zero-order valence-corrected chi connectivity index (χ0v) is 12.2. The van der Waals surface area contributed by atoms with E-state index in [0.717, 1.165) is 17.9 Å². The topological polar surface area (TPSA) is 70.5 Å². The highest BCUT2D eigenvalue weighted by molar-refractivity contribution is 7.11. The minimum atomic E-state index is -1.02. The van der Waals surface area contributed by atoms with Crippen LogP contribution in [0.2, 0.25) is 0 Å². The molecule has 104 valence electrons. The molecule has 1 saturated heterocycles. The maximum absolute atomic E-state index is 12.0. The summed E-state index contributed by atoms with van der Waals surface area (Å²) in [6, 6.07) is 0. The SMILES string of the molecule is CC(C)(C)C1CC(=O)N(Cc2csc(C(=O)O)n2)C1. The first-order chi connectivity index (χ1) is 8.77. The van der Waals surface area contributed by atoms with E-state index in [9.17, 15) is 9.59 Å². The molecule has 0 bridgehead atoms. The summed E-state index contributed by atoms with van der Waals surface area (Å²) in [6.07, 6.45) is 0.569. The summed E-state index contributed by atoms with van der Waals surface area (Å²) in [5.74, 6) is -0.543. The van der Waals surface area contributed by atoms with Crippen molar-refractivity contribution in [1.29, 1.82) is 0 Å². The van der Waals surface area contributed by atoms with Crippen LogP contribution in [-0.2, 0) is 11.3 Å². The number of hydrogen-bond acceptors (Lipinski definition) is 4. The highest BCUT2D eigenvalue weighted by Crippen LogP contribution is 2.34. The minimum absolute atomic E-state index is 0.0778. The zero-order valence-electron chi connectivity index (χ0n) is 11.3. The molecule has 1 aliphatic rings. The van der Waals surface area contributed by atoms with Gasteiger partial charge in [0.25, 0.3) is 0 Å². The van der Waals surface area contributed by atoms with Gasteiger partial charge in [0.05, 0.1) is 12.2 Å². The fraction of sp³-hybridized carbons (Fsp3) is 0.615. The molecule has 1 fully saturated rings. The predicted molar refractivity (Wildman–Crippen MR) is 72.1 cm³/mol. The fourth-order valence-corrected chi connectivity index (χ4v) is 2.82. The third-order valence-corrected chi connectivity index (χ3v) is 4.41. The van der Waals surface area contributed by atoms with Gasteiger partial charge in [-0.1, -0.05) is 20.8 Å². The maximum atomic E-state index is 12.0. The number of thiazole rings is 1. The van der Waals surface area contributed by atoms with Gasteiger partial charge in [-0.05, 0) is 11.3 Å². The molecule has 1 amide bonds. The smallest absolute Gasteiger partial charge is 0.365 e. The molecule has 1 aromatic heterocycles. The van der Waals surface area contributed by atoms with Gasteiger partial charge < -0.3 is 10.0 Å². The van der Waals surface area contributed by atoms with E-state index in [0.29, 0.717) is 24.6 Å². The van der Waals surface area contributed by atoms with Gasteiger partial charge in [0.1, 0.15) is 0 Å². The first-order valence-electron chi connectivity index (χ1n) is 6.23. The molecule has 0 spiro atoms. The number of aromatic carboxylic acids is 1. The lowest BCUT2D eigenvalue weighted by atomic mass is 9.80. The molecule has 0 saturated carbocycles. The molecule has 1 aliphatic heterocycles. The Morgan fingerprint density at radius 3 is 2.74 bits per heavy atom. The minimum Gasteiger partial charge on any atom is -0.476 e. The van der Waals surface area contributed by atoms with Crippen molar-refractivity contribution in [2.24, 2.45) is 11.3 Å². The normalized spacial score (nSPS) is 20.1. The molecule has 0 aromatic carbocycles. The van der Waals surface area contributed by atoms with E-state index in [1.807, 2.05) is 0 Å². The van der Waals surface area contributed by atoms with Crippen LogP contribution in [0.15, 0.2) is 5.38 Å². The molecule has 6 heteroatoms. The molecule has 1 atom stereocenters. The number of likely N-dealkylation sites (tertiary alicyclic amines) is 1. The molecule has 2 heterocycles. The Bertz CT molecular complexity index is 504. The lowest BCUT2D eigenvalue weighted by molar-refractivity contribution is -0.128. The predicted octanol–water partition coefficient (Wildman–Crippen LogP) is 2.24. The van der Waals surface area contributed by atoms with E-state index < -0.39 is 5.97 Å². The molecular weight excluding hydrogens is 264 g/mol. The van der Waals surface area contributed by atoms with Gasteiger partial charge in [-0.15, -0.1) is 11.3 Å². The Labute approximate surface area is 116 Å². The van der Waals surface area contributed by atoms with E-state index in [2.05, 4.69) is 25.8 Å². The van der Waals surface area contributed by atoms with E-state index >= 15 is 0 Å². The summed E-state index contributed by atoms with van der Waals surface area (Å²) in [5, 5.41) is 10.6. The van der Waals surface area contributed by atoms with Crippen molar-refractivity contribution in [3.05, 3.63) is 16.1 Å². The van der Waals surface area contributed by atoms with Crippen molar-refractivity contribution in [3.8, 4) is 0 Å². The summed E-state index contributed by atoms with van der Waals surface area (Å²) in [6.45, 7) is 7.55. The molecule has 1 N–H and O–H groups in total. The van der Waals surface area contributed by atoms with E-state index in [1.165, 1.54) is 0 Å². The second kappa shape index (κ2) is 4.92. The number of aromatic nitrogens is 1. The third-order valence-electron chi connectivity index (χ3n) is 3.53. The Morgan fingerprint density at radius 2 is 2.26 bits per heavy atom.